The summed E-state index contributed by atoms with van der Waals surface area (Å²) in [6.07, 6.45) is 0. The van der Waals surface area contributed by atoms with Gasteiger partial charge >= 0.3 is 0 Å². The summed E-state index contributed by atoms with van der Waals surface area (Å²) in [4.78, 5) is 16.5. The number of nitrogens with zero attached hydrogens (tertiary/aromatic N) is 1. The minimum absolute atomic E-state index is 0.148. The zero-order chi connectivity index (χ0) is 15.0. The molecule has 6 heteroatoms. The number of hydrogen-bond acceptors (Lipinski definition) is 4. The van der Waals surface area contributed by atoms with Gasteiger partial charge in [0.05, 0.1) is 10.2 Å². The molecule has 0 aliphatic heterocycles. The highest BCUT2D eigenvalue weighted by atomic mass is 79.9. The third kappa shape index (κ3) is 2.77. The molecule has 0 radical (unpaired) electrons. The smallest absolute Gasteiger partial charge is 0.255 e. The molecule has 1 heterocycles. The van der Waals surface area contributed by atoms with E-state index in [1.54, 1.807) is 6.07 Å². The highest BCUT2D eigenvalue weighted by Gasteiger charge is 2.11. The molecular weight excluding hydrogens is 350 g/mol. The first-order valence-corrected chi connectivity index (χ1v) is 7.88. The molecule has 106 valence electrons. The monoisotopic (exact) mass is 361 g/mol. The molecule has 3 rings (SSSR count). The second kappa shape index (κ2) is 5.46. The van der Waals surface area contributed by atoms with Gasteiger partial charge in [0.1, 0.15) is 0 Å². The molecule has 0 unspecified atom stereocenters. The molecule has 21 heavy (non-hydrogen) atoms. The van der Waals surface area contributed by atoms with Gasteiger partial charge in [0.2, 0.25) is 0 Å². The first kappa shape index (κ1) is 14.0. The van der Waals surface area contributed by atoms with E-state index in [4.69, 9.17) is 5.73 Å². The second-order valence-corrected chi connectivity index (χ2v) is 6.52. The number of halogens is 1. The van der Waals surface area contributed by atoms with Gasteiger partial charge in [0.25, 0.3) is 5.91 Å². The van der Waals surface area contributed by atoms with Gasteiger partial charge in [-0.3, -0.25) is 4.79 Å². The predicted molar refractivity (Wildman–Crippen MR) is 90.9 cm³/mol. The average molecular weight is 362 g/mol. The van der Waals surface area contributed by atoms with Crippen molar-refractivity contribution < 1.29 is 4.79 Å². The number of anilines is 2. The van der Waals surface area contributed by atoms with E-state index in [2.05, 4.69) is 26.2 Å². The Balaban J connectivity index is 1.91. The van der Waals surface area contributed by atoms with Crippen LogP contribution >= 0.6 is 27.3 Å². The minimum Gasteiger partial charge on any atom is -0.375 e. The number of hydrogen-bond donors (Lipinski definition) is 2. The van der Waals surface area contributed by atoms with Crippen molar-refractivity contribution in [1.29, 1.82) is 0 Å². The molecule has 0 saturated heterocycles. The number of amides is 1. The minimum atomic E-state index is -0.148. The lowest BCUT2D eigenvalue weighted by molar-refractivity contribution is 0.102. The highest BCUT2D eigenvalue weighted by molar-refractivity contribution is 9.10. The van der Waals surface area contributed by atoms with Crippen LogP contribution in [0.5, 0.6) is 0 Å². The van der Waals surface area contributed by atoms with Crippen LogP contribution in [0.1, 0.15) is 15.9 Å². The molecule has 0 spiro atoms. The van der Waals surface area contributed by atoms with Crippen molar-refractivity contribution in [2.45, 2.75) is 6.92 Å². The molecule has 3 N–H and O–H groups in total. The fourth-order valence-electron chi connectivity index (χ4n) is 2.02. The largest absolute Gasteiger partial charge is 0.375 e. The standard InChI is InChI=1S/C15H12BrN3OS/c1-8-10(16)3-2-4-11(8)18-14(20)9-5-6-12-13(7-9)21-15(17)19-12/h2-7H,1H3,(H2,17,19)(H,18,20). The Bertz CT molecular complexity index is 844. The zero-order valence-electron chi connectivity index (χ0n) is 11.2. The number of carbonyl (C=O) groups is 1. The molecule has 1 amide bonds. The van der Waals surface area contributed by atoms with Crippen LogP contribution in [-0.2, 0) is 0 Å². The lowest BCUT2D eigenvalue weighted by Crippen LogP contribution is -2.12. The van der Waals surface area contributed by atoms with Crippen molar-refractivity contribution >= 4 is 54.2 Å². The van der Waals surface area contributed by atoms with E-state index >= 15 is 0 Å². The van der Waals surface area contributed by atoms with Gasteiger partial charge in [0.15, 0.2) is 5.13 Å². The molecule has 3 aromatic rings. The summed E-state index contributed by atoms with van der Waals surface area (Å²) in [5.41, 5.74) is 8.86. The zero-order valence-corrected chi connectivity index (χ0v) is 13.6. The first-order chi connectivity index (χ1) is 10.0. The quantitative estimate of drug-likeness (QED) is 0.718. The molecule has 1 aromatic heterocycles. The predicted octanol–water partition coefficient (Wildman–Crippen LogP) is 4.20. The molecular formula is C15H12BrN3OS. The Labute approximate surface area is 134 Å². The SMILES string of the molecule is Cc1c(Br)cccc1NC(=O)c1ccc2nc(N)sc2c1. The van der Waals surface area contributed by atoms with Crippen LogP contribution in [0.25, 0.3) is 10.2 Å². The van der Waals surface area contributed by atoms with Crippen molar-refractivity contribution in [2.75, 3.05) is 11.1 Å². The second-order valence-electron chi connectivity index (χ2n) is 4.60. The first-order valence-electron chi connectivity index (χ1n) is 6.27. The number of aromatic nitrogens is 1. The van der Waals surface area contributed by atoms with Crippen LogP contribution < -0.4 is 11.1 Å². The molecule has 4 nitrogen and oxygen atoms in total. The number of rotatable bonds is 2. The fraction of sp³-hybridized carbons (Fsp3) is 0.0667. The average Bonchev–Trinajstić information content (AvgIpc) is 2.82. The number of nitrogens with two attached hydrogens (primary N) is 1. The Morgan fingerprint density at radius 3 is 2.95 bits per heavy atom. The van der Waals surface area contributed by atoms with Crippen LogP contribution in [0.15, 0.2) is 40.9 Å². The van der Waals surface area contributed by atoms with Crippen molar-refractivity contribution in [2.24, 2.45) is 0 Å². The summed E-state index contributed by atoms with van der Waals surface area (Å²) in [7, 11) is 0. The molecule has 2 aromatic carbocycles. The summed E-state index contributed by atoms with van der Waals surface area (Å²) in [6, 6.07) is 11.1. The van der Waals surface area contributed by atoms with E-state index < -0.39 is 0 Å². The number of nitrogen functional groups attached to an aromatic ring is 1. The number of fused-ring (bicyclic) bond motifs is 1. The maximum atomic E-state index is 12.4. The van der Waals surface area contributed by atoms with Gasteiger partial charge in [-0.05, 0) is 42.8 Å². The van der Waals surface area contributed by atoms with Crippen molar-refractivity contribution in [3.8, 4) is 0 Å². The van der Waals surface area contributed by atoms with E-state index in [-0.39, 0.29) is 5.91 Å². The van der Waals surface area contributed by atoms with Gasteiger partial charge in [0, 0.05) is 15.7 Å². The lowest BCUT2D eigenvalue weighted by atomic mass is 10.1. The van der Waals surface area contributed by atoms with E-state index in [0.29, 0.717) is 10.7 Å². The summed E-state index contributed by atoms with van der Waals surface area (Å²) < 4.78 is 1.87. The van der Waals surface area contributed by atoms with Gasteiger partial charge in [-0.15, -0.1) is 0 Å². The molecule has 0 bridgehead atoms. The maximum Gasteiger partial charge on any atom is 0.255 e. The van der Waals surface area contributed by atoms with Gasteiger partial charge in [-0.1, -0.05) is 33.3 Å². The fourth-order valence-corrected chi connectivity index (χ4v) is 3.16. The van der Waals surface area contributed by atoms with Crippen LogP contribution in [0.4, 0.5) is 10.8 Å². The summed E-state index contributed by atoms with van der Waals surface area (Å²) in [5.74, 6) is -0.148. The Hall–Kier alpha value is -1.92. The molecule has 0 atom stereocenters. The topological polar surface area (TPSA) is 68.0 Å². The van der Waals surface area contributed by atoms with Crippen LogP contribution in [0.3, 0.4) is 0 Å². The molecule has 0 aliphatic carbocycles. The highest BCUT2D eigenvalue weighted by Crippen LogP contribution is 2.26. The summed E-state index contributed by atoms with van der Waals surface area (Å²) in [5, 5.41) is 3.43. The Morgan fingerprint density at radius 1 is 1.33 bits per heavy atom. The van der Waals surface area contributed by atoms with Gasteiger partial charge in [-0.25, -0.2) is 4.98 Å². The molecule has 0 fully saturated rings. The Morgan fingerprint density at radius 2 is 2.14 bits per heavy atom. The number of benzene rings is 2. The van der Waals surface area contributed by atoms with Gasteiger partial charge < -0.3 is 11.1 Å². The van der Waals surface area contributed by atoms with Gasteiger partial charge in [-0.2, -0.15) is 0 Å². The van der Waals surface area contributed by atoms with Crippen molar-refractivity contribution in [3.63, 3.8) is 0 Å². The normalized spacial score (nSPS) is 10.8. The van der Waals surface area contributed by atoms with Crippen molar-refractivity contribution in [3.05, 3.63) is 52.0 Å². The summed E-state index contributed by atoms with van der Waals surface area (Å²) >= 11 is 4.83. The molecule has 0 aliphatic rings. The van der Waals surface area contributed by atoms with Crippen LogP contribution in [0, 0.1) is 6.92 Å². The maximum absolute atomic E-state index is 12.4. The van der Waals surface area contributed by atoms with E-state index in [1.807, 2.05) is 37.3 Å². The number of thiazole rings is 1. The van der Waals surface area contributed by atoms with Crippen molar-refractivity contribution in [1.82, 2.24) is 4.98 Å². The lowest BCUT2D eigenvalue weighted by Gasteiger charge is -2.09. The number of carbonyl (C=O) groups excluding carboxylic acids is 1. The summed E-state index contributed by atoms with van der Waals surface area (Å²) in [6.45, 7) is 1.95. The molecule has 0 saturated carbocycles. The third-order valence-electron chi connectivity index (χ3n) is 3.18. The van der Waals surface area contributed by atoms with Crippen LogP contribution in [-0.4, -0.2) is 10.9 Å². The van der Waals surface area contributed by atoms with E-state index in [9.17, 15) is 4.79 Å². The number of nitrogens with one attached hydrogen (secondary N) is 1. The van der Waals surface area contributed by atoms with E-state index in [0.717, 1.165) is 25.9 Å². The third-order valence-corrected chi connectivity index (χ3v) is 4.89. The van der Waals surface area contributed by atoms with Crippen LogP contribution in [0.2, 0.25) is 0 Å². The Kier molecular flexibility index (Phi) is 3.65. The van der Waals surface area contributed by atoms with E-state index in [1.165, 1.54) is 11.3 Å².